The Kier molecular flexibility index (Phi) is 6.00. The number of carboxylic acids is 1. The molecule has 0 fully saturated rings. The molecule has 164 valence electrons. The maximum Gasteiger partial charge on any atom is 0.356 e. The Morgan fingerprint density at radius 1 is 1.16 bits per heavy atom. The van der Waals surface area contributed by atoms with Crippen LogP contribution in [0, 0.1) is 13.8 Å². The van der Waals surface area contributed by atoms with Crippen LogP contribution in [0.2, 0.25) is 0 Å². The second-order valence-corrected chi connectivity index (χ2v) is 7.19. The van der Waals surface area contributed by atoms with E-state index in [0.717, 1.165) is 11.5 Å². The molecule has 0 saturated carbocycles. The average molecular weight is 434 g/mol. The topological polar surface area (TPSA) is 124 Å². The van der Waals surface area contributed by atoms with E-state index >= 15 is 0 Å². The highest BCUT2D eigenvalue weighted by Crippen LogP contribution is 2.27. The van der Waals surface area contributed by atoms with Crippen molar-refractivity contribution < 1.29 is 24.2 Å². The summed E-state index contributed by atoms with van der Waals surface area (Å²) in [5, 5.41) is 28.5. The Balaban J connectivity index is 1.54. The van der Waals surface area contributed by atoms with Crippen molar-refractivity contribution in [1.29, 1.82) is 0 Å². The van der Waals surface area contributed by atoms with Crippen LogP contribution in [0.15, 0.2) is 59.0 Å². The summed E-state index contributed by atoms with van der Waals surface area (Å²) >= 11 is 0. The molecule has 0 saturated heterocycles. The summed E-state index contributed by atoms with van der Waals surface area (Å²) in [6.45, 7) is 4.02. The van der Waals surface area contributed by atoms with E-state index in [9.17, 15) is 15.0 Å². The van der Waals surface area contributed by atoms with Crippen molar-refractivity contribution in [2.24, 2.45) is 0 Å². The first kappa shape index (κ1) is 21.3. The summed E-state index contributed by atoms with van der Waals surface area (Å²) in [5.41, 5.74) is 1.56. The zero-order valence-corrected chi connectivity index (χ0v) is 17.6. The number of carboxylic acid groups (broad SMARTS) is 1. The van der Waals surface area contributed by atoms with Gasteiger partial charge in [0.15, 0.2) is 11.6 Å². The molecule has 9 heteroatoms. The number of ether oxygens (including phenoxy) is 1. The number of para-hydroxylation sites is 1. The van der Waals surface area contributed by atoms with Crippen LogP contribution in [-0.2, 0) is 6.42 Å². The minimum absolute atomic E-state index is 0.0489. The number of nitrogens with zero attached hydrogens (tertiary/aromatic N) is 4. The van der Waals surface area contributed by atoms with Crippen molar-refractivity contribution in [2.45, 2.75) is 26.4 Å². The predicted octanol–water partition coefficient (Wildman–Crippen LogP) is 3.27. The summed E-state index contributed by atoms with van der Waals surface area (Å²) in [7, 11) is 0. The highest BCUT2D eigenvalue weighted by molar-refractivity contribution is 5.87. The molecule has 0 radical (unpaired) electrons. The first-order valence-corrected chi connectivity index (χ1v) is 10.0. The van der Waals surface area contributed by atoms with Gasteiger partial charge in [-0.3, -0.25) is 0 Å². The van der Waals surface area contributed by atoms with Gasteiger partial charge in [-0.1, -0.05) is 35.5 Å². The third-order valence-electron chi connectivity index (χ3n) is 4.94. The van der Waals surface area contributed by atoms with E-state index < -0.39 is 12.1 Å². The van der Waals surface area contributed by atoms with Gasteiger partial charge in [0.1, 0.15) is 23.3 Å². The van der Waals surface area contributed by atoms with Crippen molar-refractivity contribution in [2.75, 3.05) is 6.61 Å². The van der Waals surface area contributed by atoms with E-state index in [-0.39, 0.29) is 11.4 Å². The van der Waals surface area contributed by atoms with E-state index in [2.05, 4.69) is 15.3 Å². The number of oxazole rings is 1. The maximum absolute atomic E-state index is 11.9. The van der Waals surface area contributed by atoms with Gasteiger partial charge in [0, 0.05) is 13.3 Å². The van der Waals surface area contributed by atoms with Crippen LogP contribution in [0.3, 0.4) is 0 Å². The molecule has 4 rings (SSSR count). The molecule has 0 amide bonds. The van der Waals surface area contributed by atoms with Gasteiger partial charge in [-0.2, -0.15) is 0 Å². The van der Waals surface area contributed by atoms with Gasteiger partial charge in [-0.25, -0.2) is 14.5 Å². The molecule has 2 N–H and O–H groups in total. The summed E-state index contributed by atoms with van der Waals surface area (Å²) in [6, 6.07) is 15.6. The molecular formula is C23H22N4O5. The fourth-order valence-electron chi connectivity index (χ4n) is 3.43. The molecule has 0 aliphatic rings. The van der Waals surface area contributed by atoms with Crippen LogP contribution in [-0.4, -0.2) is 42.8 Å². The molecular weight excluding hydrogens is 412 g/mol. The molecule has 4 aromatic rings. The molecule has 2 aromatic carbocycles. The Morgan fingerprint density at radius 2 is 1.94 bits per heavy atom. The number of benzene rings is 2. The zero-order valence-electron chi connectivity index (χ0n) is 17.6. The second kappa shape index (κ2) is 9.03. The maximum atomic E-state index is 11.9. The Bertz CT molecular complexity index is 1230. The van der Waals surface area contributed by atoms with Crippen molar-refractivity contribution >= 4 is 5.97 Å². The standard InChI is InChI=1S/C23H22N4O5/c1-14-19(24-15(2)32-14)11-12-31-18-10-6-7-16(13-18)22(28)20-21(23(29)30)27(26-25-20)17-8-4-3-5-9-17/h3-10,13,22,28H,11-12H2,1-2H3,(H,29,30). The quantitative estimate of drug-likeness (QED) is 0.433. The molecule has 0 aliphatic carbocycles. The minimum Gasteiger partial charge on any atom is -0.493 e. The smallest absolute Gasteiger partial charge is 0.356 e. The molecule has 0 bridgehead atoms. The monoisotopic (exact) mass is 434 g/mol. The predicted molar refractivity (Wildman–Crippen MR) is 114 cm³/mol. The average Bonchev–Trinajstić information content (AvgIpc) is 3.37. The number of aromatic nitrogens is 4. The lowest BCUT2D eigenvalue weighted by Crippen LogP contribution is -2.13. The summed E-state index contributed by atoms with van der Waals surface area (Å²) in [6.07, 6.45) is -0.715. The van der Waals surface area contributed by atoms with Crippen LogP contribution >= 0.6 is 0 Å². The third kappa shape index (κ3) is 4.37. The number of rotatable bonds is 8. The lowest BCUT2D eigenvalue weighted by atomic mass is 10.0. The number of aliphatic hydroxyl groups is 1. The zero-order chi connectivity index (χ0) is 22.7. The molecule has 2 aromatic heterocycles. The molecule has 0 spiro atoms. The normalized spacial score (nSPS) is 12.0. The van der Waals surface area contributed by atoms with E-state index in [1.807, 2.05) is 13.0 Å². The number of hydrogen-bond acceptors (Lipinski definition) is 7. The fraction of sp³-hybridized carbons (Fsp3) is 0.217. The Labute approximate surface area is 183 Å². The summed E-state index contributed by atoms with van der Waals surface area (Å²) in [5.74, 6) is 0.670. The molecule has 0 aliphatic heterocycles. The molecule has 9 nitrogen and oxygen atoms in total. The first-order valence-electron chi connectivity index (χ1n) is 10.0. The largest absolute Gasteiger partial charge is 0.493 e. The highest BCUT2D eigenvalue weighted by Gasteiger charge is 2.27. The van der Waals surface area contributed by atoms with Crippen LogP contribution in [0.25, 0.3) is 5.69 Å². The van der Waals surface area contributed by atoms with Crippen molar-refractivity contribution in [3.05, 3.63) is 88.9 Å². The lowest BCUT2D eigenvalue weighted by molar-refractivity contribution is 0.0681. The molecule has 1 atom stereocenters. The van der Waals surface area contributed by atoms with Gasteiger partial charge in [0.25, 0.3) is 0 Å². The van der Waals surface area contributed by atoms with Crippen molar-refractivity contribution in [1.82, 2.24) is 20.0 Å². The van der Waals surface area contributed by atoms with E-state index in [1.165, 1.54) is 4.68 Å². The van der Waals surface area contributed by atoms with Gasteiger partial charge in [-0.15, -0.1) is 5.10 Å². The highest BCUT2D eigenvalue weighted by atomic mass is 16.5. The number of aliphatic hydroxyl groups excluding tert-OH is 1. The van der Waals surface area contributed by atoms with E-state index in [4.69, 9.17) is 9.15 Å². The summed E-state index contributed by atoms with van der Waals surface area (Å²) in [4.78, 5) is 16.3. The Morgan fingerprint density at radius 3 is 2.62 bits per heavy atom. The van der Waals surface area contributed by atoms with Gasteiger partial charge < -0.3 is 19.4 Å². The number of aromatic carboxylic acids is 1. The number of carbonyl (C=O) groups is 1. The SMILES string of the molecule is Cc1nc(CCOc2cccc(C(O)c3nnn(-c4ccccc4)c3C(=O)O)c2)c(C)o1. The molecule has 2 heterocycles. The van der Waals surface area contributed by atoms with E-state index in [1.54, 1.807) is 55.5 Å². The van der Waals surface area contributed by atoms with Crippen molar-refractivity contribution in [3.8, 4) is 11.4 Å². The lowest BCUT2D eigenvalue weighted by Gasteiger charge is -2.12. The van der Waals surface area contributed by atoms with Crippen LogP contribution in [0.4, 0.5) is 0 Å². The summed E-state index contributed by atoms with van der Waals surface area (Å²) < 4.78 is 12.4. The fourth-order valence-corrected chi connectivity index (χ4v) is 3.43. The van der Waals surface area contributed by atoms with E-state index in [0.29, 0.717) is 35.9 Å². The number of aryl methyl sites for hydroxylation is 2. The number of hydrogen-bond donors (Lipinski definition) is 2. The minimum atomic E-state index is -1.29. The van der Waals surface area contributed by atoms with Gasteiger partial charge in [0.2, 0.25) is 0 Å². The molecule has 1 unspecified atom stereocenters. The van der Waals surface area contributed by atoms with Crippen molar-refractivity contribution in [3.63, 3.8) is 0 Å². The third-order valence-corrected chi connectivity index (χ3v) is 4.94. The van der Waals surface area contributed by atoms with Gasteiger partial charge >= 0.3 is 5.97 Å². The first-order chi connectivity index (χ1) is 15.4. The van der Waals surface area contributed by atoms with Crippen LogP contribution in [0.1, 0.15) is 45.2 Å². The van der Waals surface area contributed by atoms with Crippen LogP contribution in [0.5, 0.6) is 5.75 Å². The van der Waals surface area contributed by atoms with Gasteiger partial charge in [-0.05, 0) is 36.8 Å². The Hall–Kier alpha value is -3.98. The van der Waals surface area contributed by atoms with Gasteiger partial charge in [0.05, 0.1) is 18.0 Å². The second-order valence-electron chi connectivity index (χ2n) is 7.19. The molecule has 32 heavy (non-hydrogen) atoms. The van der Waals surface area contributed by atoms with Crippen LogP contribution < -0.4 is 4.74 Å².